The van der Waals surface area contributed by atoms with Gasteiger partial charge in [-0.2, -0.15) is 5.10 Å². The van der Waals surface area contributed by atoms with E-state index < -0.39 is 5.82 Å². The molecule has 0 aliphatic heterocycles. The van der Waals surface area contributed by atoms with E-state index in [0.717, 1.165) is 23.2 Å². The molecular formula is C14H18ClFN4. The van der Waals surface area contributed by atoms with E-state index in [1.807, 2.05) is 20.2 Å². The lowest BCUT2D eigenvalue weighted by Gasteiger charge is -2.16. The number of hydrogen-bond donors (Lipinski definition) is 2. The average Bonchev–Trinajstić information content (AvgIpc) is 2.81. The topological polar surface area (TPSA) is 55.9 Å². The Labute approximate surface area is 122 Å². The van der Waals surface area contributed by atoms with Crippen LogP contribution in [0.1, 0.15) is 29.8 Å². The highest BCUT2D eigenvalue weighted by Gasteiger charge is 2.19. The number of benzene rings is 1. The number of halogens is 2. The average molecular weight is 297 g/mol. The van der Waals surface area contributed by atoms with Crippen LogP contribution in [0.15, 0.2) is 24.4 Å². The molecule has 1 heterocycles. The molecule has 0 bridgehead atoms. The summed E-state index contributed by atoms with van der Waals surface area (Å²) >= 11 is 6.00. The number of aryl methyl sites for hydroxylation is 2. The summed E-state index contributed by atoms with van der Waals surface area (Å²) in [7, 11) is 1.87. The molecule has 4 nitrogen and oxygen atoms in total. The highest BCUT2D eigenvalue weighted by Crippen LogP contribution is 2.26. The fourth-order valence-corrected chi connectivity index (χ4v) is 2.51. The van der Waals surface area contributed by atoms with Gasteiger partial charge in [0, 0.05) is 18.8 Å². The predicted molar refractivity (Wildman–Crippen MR) is 77.8 cm³/mol. The smallest absolute Gasteiger partial charge is 0.142 e. The van der Waals surface area contributed by atoms with Crippen LogP contribution in [0.25, 0.3) is 0 Å². The predicted octanol–water partition coefficient (Wildman–Crippen LogP) is 2.52. The fourth-order valence-electron chi connectivity index (χ4n) is 2.30. The van der Waals surface area contributed by atoms with Gasteiger partial charge in [0.2, 0.25) is 0 Å². The van der Waals surface area contributed by atoms with Crippen LogP contribution in [-0.2, 0) is 19.9 Å². The number of nitrogens with two attached hydrogens (primary N) is 1. The highest BCUT2D eigenvalue weighted by atomic mass is 35.5. The van der Waals surface area contributed by atoms with Crippen molar-refractivity contribution < 1.29 is 4.39 Å². The molecule has 20 heavy (non-hydrogen) atoms. The largest absolute Gasteiger partial charge is 0.275 e. The van der Waals surface area contributed by atoms with Crippen molar-refractivity contribution in [1.82, 2.24) is 15.2 Å². The van der Waals surface area contributed by atoms with Gasteiger partial charge in [0.15, 0.2) is 0 Å². The molecule has 0 saturated heterocycles. The van der Waals surface area contributed by atoms with E-state index in [1.165, 1.54) is 6.07 Å². The van der Waals surface area contributed by atoms with Crippen LogP contribution < -0.4 is 11.3 Å². The molecule has 3 N–H and O–H groups in total. The van der Waals surface area contributed by atoms with Crippen LogP contribution in [0.3, 0.4) is 0 Å². The van der Waals surface area contributed by atoms with Gasteiger partial charge < -0.3 is 0 Å². The third-order valence-electron chi connectivity index (χ3n) is 3.30. The van der Waals surface area contributed by atoms with Crippen molar-refractivity contribution in [2.24, 2.45) is 12.9 Å². The van der Waals surface area contributed by atoms with Crippen molar-refractivity contribution in [1.29, 1.82) is 0 Å². The number of nitrogens with zero attached hydrogens (tertiary/aromatic N) is 2. The second-order valence-electron chi connectivity index (χ2n) is 4.69. The highest BCUT2D eigenvalue weighted by molar-refractivity contribution is 6.31. The molecule has 0 aliphatic rings. The summed E-state index contributed by atoms with van der Waals surface area (Å²) in [6, 6.07) is 4.64. The van der Waals surface area contributed by atoms with Crippen molar-refractivity contribution in [3.8, 4) is 0 Å². The Morgan fingerprint density at radius 2 is 2.25 bits per heavy atom. The van der Waals surface area contributed by atoms with Crippen molar-refractivity contribution in [2.45, 2.75) is 25.8 Å². The summed E-state index contributed by atoms with van der Waals surface area (Å²) in [4.78, 5) is 0. The van der Waals surface area contributed by atoms with E-state index in [9.17, 15) is 4.39 Å². The molecule has 2 rings (SSSR count). The van der Waals surface area contributed by atoms with E-state index in [4.69, 9.17) is 17.4 Å². The zero-order chi connectivity index (χ0) is 14.7. The van der Waals surface area contributed by atoms with Crippen LogP contribution in [-0.4, -0.2) is 9.78 Å². The first-order chi connectivity index (χ1) is 9.56. The SMILES string of the molecule is CCc1nn(C)cc1C(Cc1cccc(F)c1Cl)NN. The van der Waals surface area contributed by atoms with E-state index >= 15 is 0 Å². The van der Waals surface area contributed by atoms with Crippen LogP contribution in [0.4, 0.5) is 4.39 Å². The third kappa shape index (κ3) is 3.00. The molecule has 1 aromatic heterocycles. The molecule has 1 aromatic carbocycles. The molecule has 1 unspecified atom stereocenters. The monoisotopic (exact) mass is 296 g/mol. The van der Waals surface area contributed by atoms with Gasteiger partial charge in [-0.05, 0) is 24.5 Å². The fraction of sp³-hybridized carbons (Fsp3) is 0.357. The van der Waals surface area contributed by atoms with Gasteiger partial charge in [0.05, 0.1) is 16.8 Å². The Balaban J connectivity index is 2.31. The second-order valence-corrected chi connectivity index (χ2v) is 5.07. The van der Waals surface area contributed by atoms with Crippen molar-refractivity contribution in [3.05, 3.63) is 52.1 Å². The number of rotatable bonds is 5. The van der Waals surface area contributed by atoms with Crippen molar-refractivity contribution in [3.63, 3.8) is 0 Å². The minimum Gasteiger partial charge on any atom is -0.275 e. The lowest BCUT2D eigenvalue weighted by Crippen LogP contribution is -2.30. The first-order valence-corrected chi connectivity index (χ1v) is 6.86. The van der Waals surface area contributed by atoms with Crippen LogP contribution in [0.2, 0.25) is 5.02 Å². The third-order valence-corrected chi connectivity index (χ3v) is 3.73. The van der Waals surface area contributed by atoms with Gasteiger partial charge >= 0.3 is 0 Å². The van der Waals surface area contributed by atoms with Crippen LogP contribution >= 0.6 is 11.6 Å². The molecule has 0 amide bonds. The Bertz CT molecular complexity index is 597. The second kappa shape index (κ2) is 6.35. The van der Waals surface area contributed by atoms with E-state index in [-0.39, 0.29) is 11.1 Å². The summed E-state index contributed by atoms with van der Waals surface area (Å²) in [5, 5.41) is 4.54. The number of hydrogen-bond acceptors (Lipinski definition) is 3. The van der Waals surface area contributed by atoms with Gasteiger partial charge in [0.25, 0.3) is 0 Å². The zero-order valence-electron chi connectivity index (χ0n) is 11.5. The minimum absolute atomic E-state index is 0.148. The molecule has 0 fully saturated rings. The molecule has 0 radical (unpaired) electrons. The van der Waals surface area contributed by atoms with Crippen molar-refractivity contribution >= 4 is 11.6 Å². The number of nitrogens with one attached hydrogen (secondary N) is 1. The minimum atomic E-state index is -0.415. The molecule has 108 valence electrons. The Hall–Kier alpha value is -1.43. The van der Waals surface area contributed by atoms with E-state index in [2.05, 4.69) is 10.5 Å². The molecule has 6 heteroatoms. The maximum absolute atomic E-state index is 13.5. The van der Waals surface area contributed by atoms with Crippen LogP contribution in [0, 0.1) is 5.82 Å². The van der Waals surface area contributed by atoms with Gasteiger partial charge in [-0.25, -0.2) is 4.39 Å². The van der Waals surface area contributed by atoms with E-state index in [1.54, 1.807) is 16.8 Å². The molecule has 2 aromatic rings. The maximum Gasteiger partial charge on any atom is 0.142 e. The molecular weight excluding hydrogens is 279 g/mol. The lowest BCUT2D eigenvalue weighted by molar-refractivity contribution is 0.544. The molecule has 0 saturated carbocycles. The van der Waals surface area contributed by atoms with E-state index in [0.29, 0.717) is 6.42 Å². The standard InChI is InChI=1S/C14H18ClFN4/c1-3-12-10(8-20(2)19-12)13(18-17)7-9-5-4-6-11(16)14(9)15/h4-6,8,13,18H,3,7,17H2,1-2H3. The Morgan fingerprint density at radius 3 is 2.90 bits per heavy atom. The molecule has 0 spiro atoms. The summed E-state index contributed by atoms with van der Waals surface area (Å²) in [5.74, 6) is 5.23. The zero-order valence-corrected chi connectivity index (χ0v) is 12.3. The number of aromatic nitrogens is 2. The molecule has 0 aliphatic carbocycles. The first-order valence-electron chi connectivity index (χ1n) is 6.48. The molecule has 1 atom stereocenters. The summed E-state index contributed by atoms with van der Waals surface area (Å²) in [5.41, 5.74) is 5.48. The van der Waals surface area contributed by atoms with Gasteiger partial charge in [-0.15, -0.1) is 0 Å². The number of hydrazine groups is 1. The first kappa shape index (κ1) is 15.0. The summed E-state index contributed by atoms with van der Waals surface area (Å²) in [6.45, 7) is 2.04. The normalized spacial score (nSPS) is 12.7. The van der Waals surface area contributed by atoms with Crippen LogP contribution in [0.5, 0.6) is 0 Å². The van der Waals surface area contributed by atoms with Gasteiger partial charge in [-0.1, -0.05) is 30.7 Å². The Morgan fingerprint density at radius 1 is 1.50 bits per heavy atom. The van der Waals surface area contributed by atoms with Gasteiger partial charge in [-0.3, -0.25) is 16.0 Å². The Kier molecular flexibility index (Phi) is 4.75. The van der Waals surface area contributed by atoms with Crippen molar-refractivity contribution in [2.75, 3.05) is 0 Å². The quantitative estimate of drug-likeness (QED) is 0.658. The summed E-state index contributed by atoms with van der Waals surface area (Å²) in [6.07, 6.45) is 3.24. The maximum atomic E-state index is 13.5. The summed E-state index contributed by atoms with van der Waals surface area (Å²) < 4.78 is 15.2. The lowest BCUT2D eigenvalue weighted by atomic mass is 9.99. The van der Waals surface area contributed by atoms with Gasteiger partial charge in [0.1, 0.15) is 5.82 Å².